The highest BCUT2D eigenvalue weighted by atomic mass is 16.4. The zero-order chi connectivity index (χ0) is 14.0. The highest BCUT2D eigenvalue weighted by molar-refractivity contribution is 5.84. The lowest BCUT2D eigenvalue weighted by atomic mass is 10.1. The first-order valence-electron chi connectivity index (χ1n) is 6.46. The number of aryl methyl sites for hydroxylation is 1. The topological polar surface area (TPSA) is 56.3 Å². The lowest BCUT2D eigenvalue weighted by Crippen LogP contribution is -2.28. The van der Waals surface area contributed by atoms with Gasteiger partial charge in [0.25, 0.3) is 0 Å². The molecule has 0 saturated heterocycles. The molecular formula is C15H20N2O2. The summed E-state index contributed by atoms with van der Waals surface area (Å²) in [5.74, 6) is -1.10. The van der Waals surface area contributed by atoms with E-state index >= 15 is 0 Å². The van der Waals surface area contributed by atoms with Crippen molar-refractivity contribution in [3.05, 3.63) is 35.5 Å². The van der Waals surface area contributed by atoms with E-state index in [0.717, 1.165) is 17.8 Å². The maximum atomic E-state index is 10.9. The summed E-state index contributed by atoms with van der Waals surface area (Å²) in [6.45, 7) is 5.10. The predicted octanol–water partition coefficient (Wildman–Crippen LogP) is 2.63. The van der Waals surface area contributed by atoms with Crippen molar-refractivity contribution in [1.82, 2.24) is 9.88 Å². The van der Waals surface area contributed by atoms with Crippen molar-refractivity contribution in [1.29, 1.82) is 0 Å². The molecule has 0 aliphatic rings. The summed E-state index contributed by atoms with van der Waals surface area (Å²) in [6, 6.07) is 8.20. The van der Waals surface area contributed by atoms with Gasteiger partial charge < -0.3 is 15.0 Å². The number of carbonyl (C=O) groups is 1. The summed E-state index contributed by atoms with van der Waals surface area (Å²) in [5.41, 5.74) is 3.53. The summed E-state index contributed by atoms with van der Waals surface area (Å²) in [7, 11) is 1.96. The summed E-state index contributed by atoms with van der Waals surface area (Å²) in [6.07, 6.45) is 0. The number of aromatic nitrogens is 1. The van der Waals surface area contributed by atoms with Gasteiger partial charge in [-0.3, -0.25) is 4.79 Å². The summed E-state index contributed by atoms with van der Waals surface area (Å²) in [4.78, 5) is 16.3. The number of nitrogens with zero attached hydrogens (tertiary/aromatic N) is 1. The molecule has 102 valence electrons. The van der Waals surface area contributed by atoms with Crippen LogP contribution in [0.1, 0.15) is 18.2 Å². The molecule has 1 aromatic carbocycles. The molecule has 0 spiro atoms. The van der Waals surface area contributed by atoms with Crippen LogP contribution >= 0.6 is 0 Å². The first-order valence-corrected chi connectivity index (χ1v) is 6.46. The molecule has 0 radical (unpaired) electrons. The molecule has 1 heterocycles. The Morgan fingerprint density at radius 1 is 1.42 bits per heavy atom. The average Bonchev–Trinajstić information content (AvgIpc) is 2.66. The van der Waals surface area contributed by atoms with Crippen molar-refractivity contribution < 1.29 is 9.90 Å². The zero-order valence-corrected chi connectivity index (χ0v) is 11.6. The maximum absolute atomic E-state index is 10.9. The maximum Gasteiger partial charge on any atom is 0.307 e. The Balaban J connectivity index is 2.17. The van der Waals surface area contributed by atoms with Gasteiger partial charge >= 0.3 is 5.97 Å². The normalized spacial score (nSPS) is 13.1. The minimum Gasteiger partial charge on any atom is -0.481 e. The standard InChI is InChI=1S/C15H20N2O2/c1-10(15(18)19)8-17(3)9-13-11(2)16-14-7-5-4-6-12(13)14/h4-7,10,16H,8-9H2,1-3H3,(H,18,19). The van der Waals surface area contributed by atoms with Gasteiger partial charge in [-0.15, -0.1) is 0 Å². The summed E-state index contributed by atoms with van der Waals surface area (Å²) in [5, 5.41) is 10.2. The Bertz CT molecular complexity index is 589. The van der Waals surface area contributed by atoms with Crippen LogP contribution in [0.3, 0.4) is 0 Å². The minimum absolute atomic E-state index is 0.351. The first-order chi connectivity index (χ1) is 8.99. The molecule has 4 nitrogen and oxygen atoms in total. The molecule has 0 aliphatic carbocycles. The minimum atomic E-state index is -0.748. The van der Waals surface area contributed by atoms with Crippen molar-refractivity contribution in [3.63, 3.8) is 0 Å². The van der Waals surface area contributed by atoms with Gasteiger partial charge in [-0.05, 0) is 25.6 Å². The lowest BCUT2D eigenvalue weighted by Gasteiger charge is -2.19. The summed E-state index contributed by atoms with van der Waals surface area (Å²) >= 11 is 0. The van der Waals surface area contributed by atoms with E-state index in [1.54, 1.807) is 6.92 Å². The van der Waals surface area contributed by atoms with Crippen LogP contribution in [0.2, 0.25) is 0 Å². The number of H-pyrrole nitrogens is 1. The summed E-state index contributed by atoms with van der Waals surface area (Å²) < 4.78 is 0. The number of hydrogen-bond acceptors (Lipinski definition) is 2. The monoisotopic (exact) mass is 260 g/mol. The van der Waals surface area contributed by atoms with Crippen molar-refractivity contribution in [3.8, 4) is 0 Å². The molecule has 4 heteroatoms. The smallest absolute Gasteiger partial charge is 0.307 e. The molecule has 2 rings (SSSR count). The fourth-order valence-corrected chi connectivity index (χ4v) is 2.42. The van der Waals surface area contributed by atoms with Crippen molar-refractivity contribution >= 4 is 16.9 Å². The van der Waals surface area contributed by atoms with Crippen LogP contribution in [-0.2, 0) is 11.3 Å². The van der Waals surface area contributed by atoms with Gasteiger partial charge in [0.05, 0.1) is 5.92 Å². The number of hydrogen-bond donors (Lipinski definition) is 2. The molecule has 2 aromatic rings. The third-order valence-corrected chi connectivity index (χ3v) is 3.46. The average molecular weight is 260 g/mol. The molecule has 19 heavy (non-hydrogen) atoms. The number of aromatic amines is 1. The largest absolute Gasteiger partial charge is 0.481 e. The van der Waals surface area contributed by atoms with Crippen molar-refractivity contribution in [2.24, 2.45) is 5.92 Å². The Kier molecular flexibility index (Phi) is 3.90. The number of nitrogens with one attached hydrogen (secondary N) is 1. The second kappa shape index (κ2) is 5.45. The Morgan fingerprint density at radius 3 is 2.79 bits per heavy atom. The number of carboxylic acid groups (broad SMARTS) is 1. The third kappa shape index (κ3) is 2.96. The molecular weight excluding hydrogens is 240 g/mol. The van der Waals surface area contributed by atoms with Crippen molar-refractivity contribution in [2.75, 3.05) is 13.6 Å². The molecule has 0 bridgehead atoms. The van der Waals surface area contributed by atoms with E-state index in [-0.39, 0.29) is 5.92 Å². The van der Waals surface area contributed by atoms with Gasteiger partial charge in [0.1, 0.15) is 0 Å². The van der Waals surface area contributed by atoms with Gasteiger partial charge in [-0.1, -0.05) is 25.1 Å². The molecule has 1 atom stereocenters. The first kappa shape index (κ1) is 13.6. The highest BCUT2D eigenvalue weighted by Gasteiger charge is 2.16. The number of fused-ring (bicyclic) bond motifs is 1. The molecule has 1 unspecified atom stereocenters. The second-order valence-electron chi connectivity index (χ2n) is 5.21. The number of benzene rings is 1. The van der Waals surface area contributed by atoms with E-state index in [2.05, 4.69) is 28.9 Å². The molecule has 0 saturated carbocycles. The molecule has 0 fully saturated rings. The van der Waals surface area contributed by atoms with Gasteiger partial charge in [0, 0.05) is 29.7 Å². The van der Waals surface area contributed by atoms with E-state index in [1.807, 2.05) is 19.2 Å². The predicted molar refractivity (Wildman–Crippen MR) is 76.2 cm³/mol. The van der Waals surface area contributed by atoms with Gasteiger partial charge in [-0.2, -0.15) is 0 Å². The fraction of sp³-hybridized carbons (Fsp3) is 0.400. The van der Waals surface area contributed by atoms with Crippen LogP contribution in [0.25, 0.3) is 10.9 Å². The van der Waals surface area contributed by atoms with Crippen LogP contribution in [0.15, 0.2) is 24.3 Å². The van der Waals surface area contributed by atoms with Crippen molar-refractivity contribution in [2.45, 2.75) is 20.4 Å². The van der Waals surface area contributed by atoms with Crippen LogP contribution in [0, 0.1) is 12.8 Å². The molecule has 2 N–H and O–H groups in total. The molecule has 0 amide bonds. The van der Waals surface area contributed by atoms with E-state index in [9.17, 15) is 4.79 Å². The number of aliphatic carboxylic acids is 1. The van der Waals surface area contributed by atoms with Crippen LogP contribution < -0.4 is 0 Å². The van der Waals surface area contributed by atoms with E-state index in [4.69, 9.17) is 5.11 Å². The van der Waals surface area contributed by atoms with Gasteiger partial charge in [0.15, 0.2) is 0 Å². The SMILES string of the molecule is Cc1[nH]c2ccccc2c1CN(C)CC(C)C(=O)O. The molecule has 0 aliphatic heterocycles. The van der Waals surface area contributed by atoms with E-state index in [1.165, 1.54) is 10.9 Å². The fourth-order valence-electron chi connectivity index (χ4n) is 2.42. The number of carboxylic acids is 1. The van der Waals surface area contributed by atoms with Crippen LogP contribution in [-0.4, -0.2) is 34.6 Å². The quantitative estimate of drug-likeness (QED) is 0.869. The van der Waals surface area contributed by atoms with E-state index in [0.29, 0.717) is 6.54 Å². The Morgan fingerprint density at radius 2 is 2.11 bits per heavy atom. The number of para-hydroxylation sites is 1. The second-order valence-corrected chi connectivity index (χ2v) is 5.21. The van der Waals surface area contributed by atoms with Gasteiger partial charge in [-0.25, -0.2) is 0 Å². The van der Waals surface area contributed by atoms with Crippen LogP contribution in [0.5, 0.6) is 0 Å². The molecule has 1 aromatic heterocycles. The Hall–Kier alpha value is -1.81. The van der Waals surface area contributed by atoms with Gasteiger partial charge in [0.2, 0.25) is 0 Å². The Labute approximate surface area is 113 Å². The van der Waals surface area contributed by atoms with E-state index < -0.39 is 5.97 Å². The zero-order valence-electron chi connectivity index (χ0n) is 11.6. The lowest BCUT2D eigenvalue weighted by molar-refractivity contribution is -0.141. The number of rotatable bonds is 5. The highest BCUT2D eigenvalue weighted by Crippen LogP contribution is 2.23. The van der Waals surface area contributed by atoms with Crippen LogP contribution in [0.4, 0.5) is 0 Å². The third-order valence-electron chi connectivity index (χ3n) is 3.46.